The summed E-state index contributed by atoms with van der Waals surface area (Å²) in [6, 6.07) is 77.6. The van der Waals surface area contributed by atoms with Crippen LogP contribution in [0.15, 0.2) is 223 Å². The Morgan fingerprint density at radius 3 is 1.66 bits per heavy atom. The number of hydrogen-bond donors (Lipinski definition) is 0. The van der Waals surface area contributed by atoms with Crippen LogP contribution < -0.4 is 4.90 Å². The van der Waals surface area contributed by atoms with E-state index in [0.717, 1.165) is 76.5 Å². The van der Waals surface area contributed by atoms with E-state index in [4.69, 9.17) is 9.40 Å². The molecule has 0 spiro atoms. The fourth-order valence-corrected chi connectivity index (χ4v) is 9.22. The number of thiazole rings is 1. The Morgan fingerprint density at radius 2 is 0.949 bits per heavy atom. The maximum atomic E-state index is 6.70. The number of hydrogen-bond acceptors (Lipinski definition) is 4. The van der Waals surface area contributed by atoms with Crippen LogP contribution in [0.1, 0.15) is 0 Å². The predicted octanol–water partition coefficient (Wildman–Crippen LogP) is 16.0. The number of nitrogens with zero attached hydrogens (tertiary/aromatic N) is 2. The van der Waals surface area contributed by atoms with Crippen LogP contribution in [0.5, 0.6) is 0 Å². The van der Waals surface area contributed by atoms with Crippen LogP contribution in [0, 0.1) is 0 Å². The minimum Gasteiger partial charge on any atom is -0.455 e. The summed E-state index contributed by atoms with van der Waals surface area (Å²) in [5.41, 5.74) is 16.3. The molecule has 0 aliphatic carbocycles. The lowest BCUT2D eigenvalue weighted by Gasteiger charge is -2.27. The minimum atomic E-state index is 0.873. The largest absolute Gasteiger partial charge is 0.455 e. The quantitative estimate of drug-likeness (QED) is 0.154. The number of aromatic nitrogens is 1. The maximum absolute atomic E-state index is 6.70. The Balaban J connectivity index is 1.02. The van der Waals surface area contributed by atoms with Crippen molar-refractivity contribution in [1.29, 1.82) is 0 Å². The molecule has 11 aromatic rings. The molecule has 0 fully saturated rings. The van der Waals surface area contributed by atoms with Gasteiger partial charge in [-0.2, -0.15) is 0 Å². The molecule has 278 valence electrons. The molecule has 0 bridgehead atoms. The van der Waals surface area contributed by atoms with Crippen molar-refractivity contribution in [3.63, 3.8) is 0 Å². The number of rotatable bonds is 8. The molecule has 0 radical (unpaired) electrons. The van der Waals surface area contributed by atoms with Gasteiger partial charge in [-0.25, -0.2) is 4.98 Å². The molecule has 59 heavy (non-hydrogen) atoms. The molecule has 0 saturated heterocycles. The van der Waals surface area contributed by atoms with Gasteiger partial charge in [-0.05, 0) is 81.4 Å². The summed E-state index contributed by atoms with van der Waals surface area (Å²) in [6.07, 6.45) is 0. The van der Waals surface area contributed by atoms with Gasteiger partial charge in [0.2, 0.25) is 0 Å². The van der Waals surface area contributed by atoms with E-state index in [0.29, 0.717) is 0 Å². The first-order valence-electron chi connectivity index (χ1n) is 19.9. The van der Waals surface area contributed by atoms with Gasteiger partial charge in [0.25, 0.3) is 0 Å². The van der Waals surface area contributed by atoms with Crippen LogP contribution in [0.3, 0.4) is 0 Å². The summed E-state index contributed by atoms with van der Waals surface area (Å²) in [7, 11) is 0. The summed E-state index contributed by atoms with van der Waals surface area (Å²) in [4.78, 5) is 7.38. The molecular formula is C55H36N2OS. The third kappa shape index (κ3) is 6.46. The van der Waals surface area contributed by atoms with E-state index in [1.807, 2.05) is 6.07 Å². The normalized spacial score (nSPS) is 11.4. The molecule has 0 atom stereocenters. The highest BCUT2D eigenvalue weighted by Gasteiger charge is 2.19. The van der Waals surface area contributed by atoms with Crippen molar-refractivity contribution >= 4 is 60.6 Å². The molecule has 4 heteroatoms. The summed E-state index contributed by atoms with van der Waals surface area (Å²) in [5.74, 6) is 0. The van der Waals surface area contributed by atoms with Crippen molar-refractivity contribution in [3.8, 4) is 55.1 Å². The SMILES string of the molecule is c1ccc(-c2cccc(N(c3ccc(-c4cccc5c4oc4cc6sc(-c7ccccc7)nc6cc45)cc3)c3ccc(-c4ccccc4)c(-c4ccccc4)c3)c2)cc1. The van der Waals surface area contributed by atoms with Gasteiger partial charge in [-0.15, -0.1) is 11.3 Å². The van der Waals surface area contributed by atoms with Gasteiger partial charge < -0.3 is 9.32 Å². The number of furan rings is 1. The second-order valence-corrected chi connectivity index (χ2v) is 15.8. The van der Waals surface area contributed by atoms with Gasteiger partial charge in [0, 0.05) is 45.0 Å². The molecule has 0 aliphatic heterocycles. The van der Waals surface area contributed by atoms with Gasteiger partial charge in [-0.3, -0.25) is 0 Å². The highest BCUT2D eigenvalue weighted by atomic mass is 32.1. The van der Waals surface area contributed by atoms with E-state index in [-0.39, 0.29) is 0 Å². The van der Waals surface area contributed by atoms with E-state index in [1.165, 1.54) is 27.8 Å². The monoisotopic (exact) mass is 772 g/mol. The standard InChI is InChI=1S/C55H36N2OS/c1-5-15-37(16-6-1)42-23-13-24-44(33-42)57(45-31-32-46(38-17-7-2-8-18-38)49(34-45)39-19-9-3-10-20-39)43-29-27-40(28-30-43)47-25-14-26-48-50-35-51-53(36-52(50)58-54(47)48)59-55(56-51)41-21-11-4-12-22-41/h1-36H. The zero-order chi connectivity index (χ0) is 39.1. The lowest BCUT2D eigenvalue weighted by molar-refractivity contribution is 0.670. The third-order valence-corrected chi connectivity index (χ3v) is 12.2. The summed E-state index contributed by atoms with van der Waals surface area (Å²) in [6.45, 7) is 0. The van der Waals surface area contributed by atoms with Gasteiger partial charge >= 0.3 is 0 Å². The number of benzene rings is 9. The lowest BCUT2D eigenvalue weighted by atomic mass is 9.93. The average Bonchev–Trinajstić information content (AvgIpc) is 3.90. The maximum Gasteiger partial charge on any atom is 0.143 e. The Kier molecular flexibility index (Phi) is 8.68. The molecule has 0 amide bonds. The molecule has 3 nitrogen and oxygen atoms in total. The lowest BCUT2D eigenvalue weighted by Crippen LogP contribution is -2.10. The van der Waals surface area contributed by atoms with Gasteiger partial charge in [-0.1, -0.05) is 170 Å². The number of para-hydroxylation sites is 1. The Bertz CT molecular complexity index is 3250. The van der Waals surface area contributed by atoms with E-state index in [9.17, 15) is 0 Å². The van der Waals surface area contributed by atoms with Crippen molar-refractivity contribution in [2.24, 2.45) is 0 Å². The zero-order valence-electron chi connectivity index (χ0n) is 32.0. The molecule has 2 heterocycles. The van der Waals surface area contributed by atoms with Crippen LogP contribution in [-0.4, -0.2) is 4.98 Å². The number of fused-ring (bicyclic) bond motifs is 4. The summed E-state index contributed by atoms with van der Waals surface area (Å²) < 4.78 is 7.82. The van der Waals surface area contributed by atoms with Crippen molar-refractivity contribution in [1.82, 2.24) is 4.98 Å². The van der Waals surface area contributed by atoms with Crippen molar-refractivity contribution in [3.05, 3.63) is 218 Å². The van der Waals surface area contributed by atoms with Crippen LogP contribution in [0.2, 0.25) is 0 Å². The van der Waals surface area contributed by atoms with Crippen LogP contribution in [0.4, 0.5) is 17.1 Å². The molecule has 0 saturated carbocycles. The third-order valence-electron chi connectivity index (χ3n) is 11.1. The van der Waals surface area contributed by atoms with Gasteiger partial charge in [0.05, 0.1) is 10.2 Å². The second kappa shape index (κ2) is 14.8. The average molecular weight is 773 g/mol. The van der Waals surface area contributed by atoms with Crippen LogP contribution in [-0.2, 0) is 0 Å². The minimum absolute atomic E-state index is 0.873. The van der Waals surface area contributed by atoms with E-state index < -0.39 is 0 Å². The fourth-order valence-electron chi connectivity index (χ4n) is 8.24. The predicted molar refractivity (Wildman–Crippen MR) is 249 cm³/mol. The second-order valence-electron chi connectivity index (χ2n) is 14.7. The number of anilines is 3. The van der Waals surface area contributed by atoms with Gasteiger partial charge in [0.15, 0.2) is 0 Å². The Hall–Kier alpha value is -7.53. The molecule has 0 N–H and O–H groups in total. The molecule has 9 aromatic carbocycles. The van der Waals surface area contributed by atoms with E-state index in [1.54, 1.807) is 11.3 Å². The van der Waals surface area contributed by atoms with Crippen molar-refractivity contribution < 1.29 is 4.42 Å². The molecule has 11 rings (SSSR count). The smallest absolute Gasteiger partial charge is 0.143 e. The molecule has 0 unspecified atom stereocenters. The van der Waals surface area contributed by atoms with E-state index in [2.05, 4.69) is 217 Å². The first-order valence-corrected chi connectivity index (χ1v) is 20.7. The summed E-state index contributed by atoms with van der Waals surface area (Å²) >= 11 is 1.70. The molecule has 2 aromatic heterocycles. The van der Waals surface area contributed by atoms with Crippen molar-refractivity contribution in [2.75, 3.05) is 4.90 Å². The Morgan fingerprint density at radius 1 is 0.373 bits per heavy atom. The zero-order valence-corrected chi connectivity index (χ0v) is 32.8. The highest BCUT2D eigenvalue weighted by Crippen LogP contribution is 2.44. The van der Waals surface area contributed by atoms with Crippen LogP contribution in [0.25, 0.3) is 87.2 Å². The first kappa shape index (κ1) is 34.7. The Labute approximate surface area is 346 Å². The molecular weight excluding hydrogens is 737 g/mol. The summed E-state index contributed by atoms with van der Waals surface area (Å²) in [5, 5.41) is 3.18. The van der Waals surface area contributed by atoms with E-state index >= 15 is 0 Å². The fraction of sp³-hybridized carbons (Fsp3) is 0. The van der Waals surface area contributed by atoms with Crippen LogP contribution >= 0.6 is 11.3 Å². The molecule has 0 aliphatic rings. The van der Waals surface area contributed by atoms with Crippen molar-refractivity contribution in [2.45, 2.75) is 0 Å². The highest BCUT2D eigenvalue weighted by molar-refractivity contribution is 7.21. The topological polar surface area (TPSA) is 29.3 Å². The first-order chi connectivity index (χ1) is 29.2. The van der Waals surface area contributed by atoms with Gasteiger partial charge in [0.1, 0.15) is 16.2 Å².